The fourth-order valence-corrected chi connectivity index (χ4v) is 1.84. The van der Waals surface area contributed by atoms with Crippen LogP contribution < -0.4 is 10.5 Å². The predicted octanol–water partition coefficient (Wildman–Crippen LogP) is 3.05. The highest BCUT2D eigenvalue weighted by Gasteiger charge is 2.01. The molecule has 0 aliphatic carbocycles. The smallest absolute Gasteiger partial charge is 0.142 e. The Hall–Kier alpha value is -1.55. The van der Waals surface area contributed by atoms with Crippen LogP contribution in [0, 0.1) is 0 Å². The molecule has 0 atom stereocenters. The van der Waals surface area contributed by atoms with Gasteiger partial charge in [0.25, 0.3) is 0 Å². The highest BCUT2D eigenvalue weighted by molar-refractivity contribution is 9.10. The Labute approximate surface area is 109 Å². The minimum atomic E-state index is 0.572. The van der Waals surface area contributed by atoms with Gasteiger partial charge in [0.05, 0.1) is 12.3 Å². The molecule has 0 saturated heterocycles. The van der Waals surface area contributed by atoms with Gasteiger partial charge in [0.2, 0.25) is 0 Å². The molecule has 0 aliphatic rings. The quantitative estimate of drug-likeness (QED) is 0.881. The molecule has 0 aliphatic heterocycles. The fraction of sp³-hybridized carbons (Fsp3) is 0.154. The summed E-state index contributed by atoms with van der Waals surface area (Å²) < 4.78 is 6.56. The zero-order valence-electron chi connectivity index (χ0n) is 9.27. The van der Waals surface area contributed by atoms with E-state index in [1.165, 1.54) is 0 Å². The number of rotatable bonds is 4. The summed E-state index contributed by atoms with van der Waals surface area (Å²) >= 11 is 3.36. The van der Waals surface area contributed by atoms with Gasteiger partial charge in [-0.3, -0.25) is 4.98 Å². The van der Waals surface area contributed by atoms with E-state index < -0.39 is 0 Å². The van der Waals surface area contributed by atoms with E-state index in [9.17, 15) is 0 Å². The van der Waals surface area contributed by atoms with Crippen LogP contribution in [0.3, 0.4) is 0 Å². The van der Waals surface area contributed by atoms with Gasteiger partial charge in [-0.2, -0.15) is 0 Å². The molecule has 3 nitrogen and oxygen atoms in total. The SMILES string of the molecule is Nc1cc(Br)ccc1OCCc1ccccn1. The Kier molecular flexibility index (Phi) is 3.98. The van der Waals surface area contributed by atoms with Crippen molar-refractivity contribution in [3.05, 3.63) is 52.8 Å². The minimum Gasteiger partial charge on any atom is -0.491 e. The van der Waals surface area contributed by atoms with Crippen molar-refractivity contribution in [3.8, 4) is 5.75 Å². The zero-order chi connectivity index (χ0) is 12.1. The molecule has 2 aromatic rings. The van der Waals surface area contributed by atoms with E-state index >= 15 is 0 Å². The average Bonchev–Trinajstić information content (AvgIpc) is 2.33. The Morgan fingerprint density at radius 2 is 2.12 bits per heavy atom. The molecule has 1 heterocycles. The first kappa shape index (κ1) is 11.9. The summed E-state index contributed by atoms with van der Waals surface area (Å²) in [6, 6.07) is 11.4. The van der Waals surface area contributed by atoms with Gasteiger partial charge in [0.15, 0.2) is 0 Å². The normalized spacial score (nSPS) is 10.2. The van der Waals surface area contributed by atoms with Gasteiger partial charge in [-0.15, -0.1) is 0 Å². The molecule has 0 amide bonds. The minimum absolute atomic E-state index is 0.572. The third-order valence-electron chi connectivity index (χ3n) is 2.31. The number of hydrogen-bond acceptors (Lipinski definition) is 3. The van der Waals surface area contributed by atoms with E-state index in [0.717, 1.165) is 16.6 Å². The predicted molar refractivity (Wildman–Crippen MR) is 72.0 cm³/mol. The lowest BCUT2D eigenvalue weighted by Gasteiger charge is -2.08. The summed E-state index contributed by atoms with van der Waals surface area (Å²) in [5.41, 5.74) is 7.49. The summed E-state index contributed by atoms with van der Waals surface area (Å²) in [7, 11) is 0. The molecule has 0 fully saturated rings. The third-order valence-corrected chi connectivity index (χ3v) is 2.81. The average molecular weight is 293 g/mol. The van der Waals surface area contributed by atoms with Crippen molar-refractivity contribution >= 4 is 21.6 Å². The first-order valence-corrected chi connectivity index (χ1v) is 6.13. The maximum absolute atomic E-state index is 5.83. The molecule has 0 bridgehead atoms. The van der Waals surface area contributed by atoms with E-state index in [1.807, 2.05) is 36.4 Å². The fourth-order valence-electron chi connectivity index (χ4n) is 1.46. The maximum Gasteiger partial charge on any atom is 0.142 e. The Morgan fingerprint density at radius 1 is 1.24 bits per heavy atom. The van der Waals surface area contributed by atoms with Crippen molar-refractivity contribution in [2.75, 3.05) is 12.3 Å². The molecule has 1 aromatic carbocycles. The summed E-state index contributed by atoms with van der Waals surface area (Å²) in [6.07, 6.45) is 2.56. The number of halogens is 1. The summed E-state index contributed by atoms with van der Waals surface area (Å²) in [5, 5.41) is 0. The lowest BCUT2D eigenvalue weighted by molar-refractivity contribution is 0.322. The van der Waals surface area contributed by atoms with Crippen LogP contribution in [0.15, 0.2) is 47.1 Å². The van der Waals surface area contributed by atoms with Crippen molar-refractivity contribution in [2.24, 2.45) is 0 Å². The van der Waals surface area contributed by atoms with Crippen molar-refractivity contribution in [3.63, 3.8) is 0 Å². The molecule has 0 saturated carbocycles. The highest BCUT2D eigenvalue weighted by Crippen LogP contribution is 2.25. The standard InChI is InChI=1S/C13H13BrN2O/c14-10-4-5-13(12(15)9-10)17-8-6-11-3-1-2-7-16-11/h1-5,7,9H,6,8,15H2. The second-order valence-electron chi connectivity index (χ2n) is 3.60. The number of nitrogen functional groups attached to an aromatic ring is 1. The van der Waals surface area contributed by atoms with Crippen molar-refractivity contribution in [1.82, 2.24) is 4.98 Å². The number of pyridine rings is 1. The third kappa shape index (κ3) is 3.46. The van der Waals surface area contributed by atoms with Gasteiger partial charge < -0.3 is 10.5 Å². The molecule has 0 radical (unpaired) electrons. The second kappa shape index (κ2) is 5.68. The molecular weight excluding hydrogens is 280 g/mol. The van der Waals surface area contributed by atoms with Gasteiger partial charge in [-0.05, 0) is 30.3 Å². The number of aromatic nitrogens is 1. The van der Waals surface area contributed by atoms with Crippen LogP contribution in [0.5, 0.6) is 5.75 Å². The number of benzene rings is 1. The van der Waals surface area contributed by atoms with E-state index in [-0.39, 0.29) is 0 Å². The van der Waals surface area contributed by atoms with Gasteiger partial charge in [-0.1, -0.05) is 22.0 Å². The Balaban J connectivity index is 1.90. The van der Waals surface area contributed by atoms with Crippen LogP contribution in [0.2, 0.25) is 0 Å². The number of nitrogens with two attached hydrogens (primary N) is 1. The first-order valence-electron chi connectivity index (χ1n) is 5.33. The summed E-state index contributed by atoms with van der Waals surface area (Å²) in [6.45, 7) is 0.572. The zero-order valence-corrected chi connectivity index (χ0v) is 10.9. The molecule has 88 valence electrons. The van der Waals surface area contributed by atoms with Gasteiger partial charge in [0, 0.05) is 22.8 Å². The molecule has 0 unspecified atom stereocenters. The Morgan fingerprint density at radius 3 is 2.82 bits per heavy atom. The number of anilines is 1. The molecule has 17 heavy (non-hydrogen) atoms. The molecule has 1 aromatic heterocycles. The van der Waals surface area contributed by atoms with Crippen molar-refractivity contribution in [1.29, 1.82) is 0 Å². The van der Waals surface area contributed by atoms with Crippen molar-refractivity contribution < 1.29 is 4.74 Å². The van der Waals surface area contributed by atoms with E-state index in [0.29, 0.717) is 18.0 Å². The van der Waals surface area contributed by atoms with Crippen LogP contribution >= 0.6 is 15.9 Å². The summed E-state index contributed by atoms with van der Waals surface area (Å²) in [5.74, 6) is 0.712. The number of nitrogens with zero attached hydrogens (tertiary/aromatic N) is 1. The second-order valence-corrected chi connectivity index (χ2v) is 4.52. The molecular formula is C13H13BrN2O. The molecule has 2 N–H and O–H groups in total. The van der Waals surface area contributed by atoms with Crippen LogP contribution in [0.25, 0.3) is 0 Å². The molecule has 4 heteroatoms. The van der Waals surface area contributed by atoms with Crippen LogP contribution in [0.4, 0.5) is 5.69 Å². The monoisotopic (exact) mass is 292 g/mol. The van der Waals surface area contributed by atoms with Crippen LogP contribution in [-0.2, 0) is 6.42 Å². The molecule has 2 rings (SSSR count). The van der Waals surface area contributed by atoms with E-state index in [2.05, 4.69) is 20.9 Å². The van der Waals surface area contributed by atoms with Crippen LogP contribution in [0.1, 0.15) is 5.69 Å². The maximum atomic E-state index is 5.83. The number of ether oxygens (including phenoxy) is 1. The lowest BCUT2D eigenvalue weighted by atomic mass is 10.3. The van der Waals surface area contributed by atoms with Crippen molar-refractivity contribution in [2.45, 2.75) is 6.42 Å². The van der Waals surface area contributed by atoms with Gasteiger partial charge in [0.1, 0.15) is 5.75 Å². The Bertz CT molecular complexity index is 488. The number of hydrogen-bond donors (Lipinski definition) is 1. The topological polar surface area (TPSA) is 48.1 Å². The summed E-state index contributed by atoms with van der Waals surface area (Å²) in [4.78, 5) is 4.23. The highest BCUT2D eigenvalue weighted by atomic mass is 79.9. The lowest BCUT2D eigenvalue weighted by Crippen LogP contribution is -2.04. The van der Waals surface area contributed by atoms with E-state index in [4.69, 9.17) is 10.5 Å². The molecule has 0 spiro atoms. The van der Waals surface area contributed by atoms with Gasteiger partial charge >= 0.3 is 0 Å². The van der Waals surface area contributed by atoms with Gasteiger partial charge in [-0.25, -0.2) is 0 Å². The van der Waals surface area contributed by atoms with Crippen LogP contribution in [-0.4, -0.2) is 11.6 Å². The first-order chi connectivity index (χ1) is 8.25. The van der Waals surface area contributed by atoms with E-state index in [1.54, 1.807) is 6.20 Å². The largest absolute Gasteiger partial charge is 0.491 e.